The molecule has 1 amide bonds. The van der Waals surface area contributed by atoms with Gasteiger partial charge < -0.3 is 14.2 Å². The van der Waals surface area contributed by atoms with Crippen LogP contribution in [-0.2, 0) is 0 Å². The number of nitrogens with zero attached hydrogens (tertiary/aromatic N) is 1. The number of amides is 1. The minimum absolute atomic E-state index is 0.0159. The van der Waals surface area contributed by atoms with Crippen LogP contribution < -0.4 is 5.32 Å². The monoisotopic (exact) mass is 356 g/mol. The smallest absolute Gasteiger partial charge is 0.287 e. The standard InChI is InChI=1S/C20H21FN2O3/c1-13-14-6-4-7-15(21)19(14)26-18(13)20(24)22-12-16(17-8-5-11-25-17)23-9-2-3-10-23/h4-8,11,16H,2-3,9-10,12H2,1H3,(H,22,24). The van der Waals surface area contributed by atoms with Crippen LogP contribution in [0, 0.1) is 12.7 Å². The fourth-order valence-electron chi connectivity index (χ4n) is 3.64. The summed E-state index contributed by atoms with van der Waals surface area (Å²) in [5.41, 5.74) is 0.769. The van der Waals surface area contributed by atoms with E-state index >= 15 is 0 Å². The van der Waals surface area contributed by atoms with Crippen molar-refractivity contribution >= 4 is 16.9 Å². The number of hydrogen-bond acceptors (Lipinski definition) is 4. The second-order valence-corrected chi connectivity index (χ2v) is 6.66. The first-order valence-corrected chi connectivity index (χ1v) is 8.88. The Balaban J connectivity index is 1.54. The highest BCUT2D eigenvalue weighted by molar-refractivity contribution is 5.99. The van der Waals surface area contributed by atoms with E-state index in [1.165, 1.54) is 6.07 Å². The highest BCUT2D eigenvalue weighted by Gasteiger charge is 2.27. The minimum atomic E-state index is -0.463. The van der Waals surface area contributed by atoms with E-state index in [9.17, 15) is 9.18 Å². The van der Waals surface area contributed by atoms with Crippen LogP contribution in [0.2, 0.25) is 0 Å². The maximum absolute atomic E-state index is 13.9. The summed E-state index contributed by atoms with van der Waals surface area (Å²) >= 11 is 0. The van der Waals surface area contributed by atoms with Gasteiger partial charge in [0.15, 0.2) is 17.2 Å². The molecule has 1 atom stereocenters. The molecule has 6 heteroatoms. The summed E-state index contributed by atoms with van der Waals surface area (Å²) in [4.78, 5) is 15.0. The number of furan rings is 2. The molecule has 5 nitrogen and oxygen atoms in total. The molecule has 1 aromatic carbocycles. The van der Waals surface area contributed by atoms with E-state index in [1.807, 2.05) is 12.1 Å². The molecule has 2 aromatic heterocycles. The first-order valence-electron chi connectivity index (χ1n) is 8.88. The summed E-state index contributed by atoms with van der Waals surface area (Å²) in [6, 6.07) is 8.46. The number of rotatable bonds is 5. The maximum Gasteiger partial charge on any atom is 0.287 e. The van der Waals surface area contributed by atoms with Crippen molar-refractivity contribution < 1.29 is 18.0 Å². The molecule has 1 N–H and O–H groups in total. The molecule has 0 aliphatic carbocycles. The van der Waals surface area contributed by atoms with Crippen molar-refractivity contribution in [3.8, 4) is 0 Å². The molecule has 0 saturated carbocycles. The summed E-state index contributed by atoms with van der Waals surface area (Å²) in [7, 11) is 0. The Morgan fingerprint density at radius 3 is 2.77 bits per heavy atom. The van der Waals surface area contributed by atoms with Gasteiger partial charge in [-0.25, -0.2) is 4.39 Å². The third-order valence-electron chi connectivity index (χ3n) is 5.03. The van der Waals surface area contributed by atoms with Gasteiger partial charge in [0.25, 0.3) is 5.91 Å². The van der Waals surface area contributed by atoms with Crippen LogP contribution in [0.3, 0.4) is 0 Å². The van der Waals surface area contributed by atoms with Gasteiger partial charge in [-0.15, -0.1) is 0 Å². The van der Waals surface area contributed by atoms with Crippen molar-refractivity contribution in [2.24, 2.45) is 0 Å². The van der Waals surface area contributed by atoms with E-state index in [2.05, 4.69) is 10.2 Å². The number of nitrogens with one attached hydrogen (secondary N) is 1. The second-order valence-electron chi connectivity index (χ2n) is 6.66. The number of para-hydroxylation sites is 1. The van der Waals surface area contributed by atoms with E-state index in [4.69, 9.17) is 8.83 Å². The summed E-state index contributed by atoms with van der Waals surface area (Å²) in [5.74, 6) is 0.188. The van der Waals surface area contributed by atoms with Gasteiger partial charge in [-0.3, -0.25) is 9.69 Å². The van der Waals surface area contributed by atoms with Crippen molar-refractivity contribution in [3.63, 3.8) is 0 Å². The molecular weight excluding hydrogens is 335 g/mol. The van der Waals surface area contributed by atoms with Crippen LogP contribution in [-0.4, -0.2) is 30.4 Å². The molecule has 136 valence electrons. The van der Waals surface area contributed by atoms with Gasteiger partial charge in [0.1, 0.15) is 5.76 Å². The number of benzene rings is 1. The van der Waals surface area contributed by atoms with E-state index in [0.717, 1.165) is 31.7 Å². The number of carbonyl (C=O) groups is 1. The average Bonchev–Trinajstić information content (AvgIpc) is 3.38. The zero-order chi connectivity index (χ0) is 18.1. The summed E-state index contributed by atoms with van der Waals surface area (Å²) in [5, 5.41) is 3.55. The van der Waals surface area contributed by atoms with Gasteiger partial charge in [0.2, 0.25) is 0 Å². The molecule has 0 bridgehead atoms. The molecular formula is C20H21FN2O3. The fraction of sp³-hybridized carbons (Fsp3) is 0.350. The minimum Gasteiger partial charge on any atom is -0.468 e. The van der Waals surface area contributed by atoms with Gasteiger partial charge >= 0.3 is 0 Å². The normalized spacial score (nSPS) is 16.2. The second kappa shape index (κ2) is 6.96. The zero-order valence-corrected chi connectivity index (χ0v) is 14.6. The van der Waals surface area contributed by atoms with Crippen LogP contribution in [0.4, 0.5) is 4.39 Å². The highest BCUT2D eigenvalue weighted by Crippen LogP contribution is 2.28. The van der Waals surface area contributed by atoms with Crippen LogP contribution in [0.15, 0.2) is 45.4 Å². The van der Waals surface area contributed by atoms with Crippen LogP contribution >= 0.6 is 0 Å². The molecule has 1 aliphatic rings. The topological polar surface area (TPSA) is 58.6 Å². The summed E-state index contributed by atoms with van der Waals surface area (Å²) < 4.78 is 25.0. The number of carbonyl (C=O) groups excluding carboxylic acids is 1. The molecule has 0 spiro atoms. The van der Waals surface area contributed by atoms with Gasteiger partial charge in [-0.05, 0) is 51.1 Å². The lowest BCUT2D eigenvalue weighted by atomic mass is 10.1. The molecule has 1 unspecified atom stereocenters. The predicted molar refractivity (Wildman–Crippen MR) is 95.5 cm³/mol. The first kappa shape index (κ1) is 16.8. The number of halogens is 1. The Morgan fingerprint density at radius 1 is 1.27 bits per heavy atom. The predicted octanol–water partition coefficient (Wildman–Crippen LogP) is 4.04. The van der Waals surface area contributed by atoms with Crippen molar-refractivity contribution in [3.05, 3.63) is 59.5 Å². The van der Waals surface area contributed by atoms with E-state index < -0.39 is 5.82 Å². The largest absolute Gasteiger partial charge is 0.468 e. The van der Waals surface area contributed by atoms with Gasteiger partial charge in [0, 0.05) is 17.5 Å². The zero-order valence-electron chi connectivity index (χ0n) is 14.6. The molecule has 3 heterocycles. The molecule has 4 rings (SSSR count). The Hall–Kier alpha value is -2.60. The van der Waals surface area contributed by atoms with Crippen molar-refractivity contribution in [1.82, 2.24) is 10.2 Å². The fourth-order valence-corrected chi connectivity index (χ4v) is 3.64. The number of aryl methyl sites for hydroxylation is 1. The van der Waals surface area contributed by atoms with E-state index in [1.54, 1.807) is 25.3 Å². The van der Waals surface area contributed by atoms with E-state index in [-0.39, 0.29) is 23.3 Å². The average molecular weight is 356 g/mol. The van der Waals surface area contributed by atoms with Crippen molar-refractivity contribution in [2.75, 3.05) is 19.6 Å². The van der Waals surface area contributed by atoms with Crippen molar-refractivity contribution in [1.29, 1.82) is 0 Å². The summed E-state index contributed by atoms with van der Waals surface area (Å²) in [6.07, 6.45) is 3.94. The Labute approximate surface area is 150 Å². The van der Waals surface area contributed by atoms with Crippen LogP contribution in [0.25, 0.3) is 11.0 Å². The number of likely N-dealkylation sites (tertiary alicyclic amines) is 1. The SMILES string of the molecule is Cc1c(C(=O)NCC(c2ccco2)N2CCCC2)oc2c(F)cccc12. The number of fused-ring (bicyclic) bond motifs is 1. The lowest BCUT2D eigenvalue weighted by molar-refractivity contribution is 0.0907. The van der Waals surface area contributed by atoms with Gasteiger partial charge in [-0.2, -0.15) is 0 Å². The maximum atomic E-state index is 13.9. The Kier molecular flexibility index (Phi) is 4.51. The number of hydrogen-bond donors (Lipinski definition) is 1. The quantitative estimate of drug-likeness (QED) is 0.750. The third-order valence-corrected chi connectivity index (χ3v) is 5.03. The Bertz CT molecular complexity index is 911. The van der Waals surface area contributed by atoms with Gasteiger partial charge in [-0.1, -0.05) is 12.1 Å². The van der Waals surface area contributed by atoms with Crippen LogP contribution in [0.1, 0.15) is 40.8 Å². The molecule has 1 saturated heterocycles. The lowest BCUT2D eigenvalue weighted by Gasteiger charge is -2.25. The first-order chi connectivity index (χ1) is 12.6. The van der Waals surface area contributed by atoms with Gasteiger partial charge in [0.05, 0.1) is 12.3 Å². The third kappa shape index (κ3) is 3.01. The molecule has 1 aliphatic heterocycles. The molecule has 0 radical (unpaired) electrons. The van der Waals surface area contributed by atoms with Crippen molar-refractivity contribution in [2.45, 2.75) is 25.8 Å². The summed E-state index contributed by atoms with van der Waals surface area (Å²) in [6.45, 7) is 4.14. The van der Waals surface area contributed by atoms with Crippen LogP contribution in [0.5, 0.6) is 0 Å². The molecule has 1 fully saturated rings. The lowest BCUT2D eigenvalue weighted by Crippen LogP contribution is -2.36. The molecule has 26 heavy (non-hydrogen) atoms. The van der Waals surface area contributed by atoms with E-state index in [0.29, 0.717) is 17.5 Å². The highest BCUT2D eigenvalue weighted by atomic mass is 19.1. The molecule has 3 aromatic rings. The Morgan fingerprint density at radius 2 is 2.08 bits per heavy atom.